The van der Waals surface area contributed by atoms with Gasteiger partial charge in [-0.15, -0.1) is 0 Å². The average Bonchev–Trinajstić information content (AvgIpc) is 2.36. The third-order valence-corrected chi connectivity index (χ3v) is 2.91. The van der Waals surface area contributed by atoms with Gasteiger partial charge in [-0.2, -0.15) is 5.26 Å². The first-order valence-electron chi connectivity index (χ1n) is 6.84. The van der Waals surface area contributed by atoms with E-state index in [0.29, 0.717) is 5.56 Å². The zero-order chi connectivity index (χ0) is 16.9. The standard InChI is InChI=1S/C16H20N2O4/c1-16(2,3)22-15(21)13(14(19)20)12(18)8-10-4-6-11(9-17)7-5-10/h4-7,12-13H,8,18H2,1-3H3,(H,19,20)/t12-,13-/m0/s1. The summed E-state index contributed by atoms with van der Waals surface area (Å²) in [5.74, 6) is -3.59. The average molecular weight is 304 g/mol. The van der Waals surface area contributed by atoms with Crippen molar-refractivity contribution >= 4 is 11.9 Å². The molecule has 0 bridgehead atoms. The van der Waals surface area contributed by atoms with Gasteiger partial charge in [0.15, 0.2) is 5.92 Å². The maximum atomic E-state index is 12.0. The predicted molar refractivity (Wildman–Crippen MR) is 79.8 cm³/mol. The van der Waals surface area contributed by atoms with E-state index in [1.54, 1.807) is 45.0 Å². The lowest BCUT2D eigenvalue weighted by Crippen LogP contribution is -2.45. The second-order valence-electron chi connectivity index (χ2n) is 6.03. The van der Waals surface area contributed by atoms with Crippen molar-refractivity contribution in [3.8, 4) is 6.07 Å². The molecule has 0 saturated heterocycles. The molecule has 118 valence electrons. The van der Waals surface area contributed by atoms with E-state index in [1.165, 1.54) is 0 Å². The number of rotatable bonds is 5. The first kappa shape index (κ1) is 17.7. The first-order valence-corrected chi connectivity index (χ1v) is 6.84. The molecule has 1 aromatic carbocycles. The van der Waals surface area contributed by atoms with Gasteiger partial charge in [0.05, 0.1) is 11.6 Å². The first-order chi connectivity index (χ1) is 10.1. The zero-order valence-electron chi connectivity index (χ0n) is 12.9. The Morgan fingerprint density at radius 1 is 1.32 bits per heavy atom. The summed E-state index contributed by atoms with van der Waals surface area (Å²) < 4.78 is 5.11. The Kier molecular flexibility index (Phi) is 5.66. The highest BCUT2D eigenvalue weighted by atomic mass is 16.6. The number of hydrogen-bond acceptors (Lipinski definition) is 5. The second kappa shape index (κ2) is 7.05. The summed E-state index contributed by atoms with van der Waals surface area (Å²) in [4.78, 5) is 23.3. The van der Waals surface area contributed by atoms with E-state index in [0.717, 1.165) is 5.56 Å². The molecule has 0 heterocycles. The third kappa shape index (κ3) is 5.19. The topological polar surface area (TPSA) is 113 Å². The largest absolute Gasteiger partial charge is 0.481 e. The molecular weight excluding hydrogens is 284 g/mol. The number of carboxylic acid groups (broad SMARTS) is 1. The van der Waals surface area contributed by atoms with Crippen molar-refractivity contribution in [3.63, 3.8) is 0 Å². The van der Waals surface area contributed by atoms with Crippen molar-refractivity contribution < 1.29 is 19.4 Å². The molecule has 3 N–H and O–H groups in total. The number of carboxylic acids is 1. The van der Waals surface area contributed by atoms with Crippen LogP contribution in [-0.4, -0.2) is 28.7 Å². The van der Waals surface area contributed by atoms with Crippen molar-refractivity contribution in [2.75, 3.05) is 0 Å². The molecule has 0 spiro atoms. The number of hydrogen-bond donors (Lipinski definition) is 2. The number of aliphatic carboxylic acids is 1. The number of benzene rings is 1. The molecule has 1 aromatic rings. The van der Waals surface area contributed by atoms with E-state index in [1.807, 2.05) is 6.07 Å². The molecule has 0 aromatic heterocycles. The molecule has 6 heteroatoms. The highest BCUT2D eigenvalue weighted by molar-refractivity contribution is 5.95. The van der Waals surface area contributed by atoms with Gasteiger partial charge in [0.1, 0.15) is 5.60 Å². The zero-order valence-corrected chi connectivity index (χ0v) is 12.9. The molecule has 6 nitrogen and oxygen atoms in total. The molecule has 0 aliphatic heterocycles. The van der Waals surface area contributed by atoms with Gasteiger partial charge in [-0.1, -0.05) is 12.1 Å². The smallest absolute Gasteiger partial charge is 0.322 e. The number of ether oxygens (including phenoxy) is 1. The van der Waals surface area contributed by atoms with Crippen LogP contribution < -0.4 is 5.73 Å². The quantitative estimate of drug-likeness (QED) is 0.629. The SMILES string of the molecule is CC(C)(C)OC(=O)[C@H](C(=O)O)[C@@H](N)Cc1ccc(C#N)cc1. The van der Waals surface area contributed by atoms with E-state index >= 15 is 0 Å². The van der Waals surface area contributed by atoms with Crippen molar-refractivity contribution in [3.05, 3.63) is 35.4 Å². The molecule has 0 aliphatic rings. The molecule has 0 fully saturated rings. The van der Waals surface area contributed by atoms with Crippen LogP contribution in [0.5, 0.6) is 0 Å². The van der Waals surface area contributed by atoms with Crippen LogP contribution in [0.3, 0.4) is 0 Å². The van der Waals surface area contributed by atoms with Crippen LogP contribution in [0.25, 0.3) is 0 Å². The summed E-state index contributed by atoms with van der Waals surface area (Å²) in [7, 11) is 0. The van der Waals surface area contributed by atoms with Crippen molar-refractivity contribution in [2.24, 2.45) is 11.7 Å². The Balaban J connectivity index is 2.85. The second-order valence-corrected chi connectivity index (χ2v) is 6.03. The van der Waals surface area contributed by atoms with E-state index in [2.05, 4.69) is 0 Å². The van der Waals surface area contributed by atoms with E-state index in [9.17, 15) is 14.7 Å². The Bertz CT molecular complexity index is 582. The summed E-state index contributed by atoms with van der Waals surface area (Å²) in [5, 5.41) is 18.0. The molecule has 0 unspecified atom stereocenters. The maximum Gasteiger partial charge on any atom is 0.322 e. The molecule has 0 saturated carbocycles. The Hall–Kier alpha value is -2.39. The Labute approximate surface area is 129 Å². The fourth-order valence-corrected chi connectivity index (χ4v) is 1.93. The molecular formula is C16H20N2O4. The van der Waals surface area contributed by atoms with Crippen LogP contribution in [0.4, 0.5) is 0 Å². The number of carbonyl (C=O) groups excluding carboxylic acids is 1. The van der Waals surface area contributed by atoms with Gasteiger partial charge in [0, 0.05) is 6.04 Å². The predicted octanol–water partition coefficient (Wildman–Crippen LogP) is 1.47. The minimum absolute atomic E-state index is 0.196. The summed E-state index contributed by atoms with van der Waals surface area (Å²) in [6, 6.07) is 7.68. The number of nitrogens with zero attached hydrogens (tertiary/aromatic N) is 1. The number of carbonyl (C=O) groups is 2. The van der Waals surface area contributed by atoms with Gasteiger partial charge >= 0.3 is 11.9 Å². The number of esters is 1. The van der Waals surface area contributed by atoms with Gasteiger partial charge in [-0.05, 0) is 44.9 Å². The molecule has 0 radical (unpaired) electrons. The minimum Gasteiger partial charge on any atom is -0.481 e. The normalized spacial score (nSPS) is 13.8. The molecule has 22 heavy (non-hydrogen) atoms. The maximum absolute atomic E-state index is 12.0. The third-order valence-electron chi connectivity index (χ3n) is 2.91. The van der Waals surface area contributed by atoms with Crippen LogP contribution in [-0.2, 0) is 20.7 Å². The van der Waals surface area contributed by atoms with E-state index in [4.69, 9.17) is 15.7 Å². The van der Waals surface area contributed by atoms with Gasteiger partial charge in [-0.3, -0.25) is 9.59 Å². The highest BCUT2D eigenvalue weighted by Crippen LogP contribution is 2.16. The summed E-state index contributed by atoms with van der Waals surface area (Å²) in [6.07, 6.45) is 0.196. The Morgan fingerprint density at radius 2 is 1.86 bits per heavy atom. The lowest BCUT2D eigenvalue weighted by molar-refractivity contribution is -0.167. The van der Waals surface area contributed by atoms with Crippen LogP contribution in [0.1, 0.15) is 31.9 Å². The molecule has 0 amide bonds. The number of nitrogens with two attached hydrogens (primary N) is 1. The van der Waals surface area contributed by atoms with Crippen LogP contribution in [0.2, 0.25) is 0 Å². The van der Waals surface area contributed by atoms with E-state index < -0.39 is 29.5 Å². The lowest BCUT2D eigenvalue weighted by Gasteiger charge is -2.25. The van der Waals surface area contributed by atoms with Crippen LogP contribution >= 0.6 is 0 Å². The van der Waals surface area contributed by atoms with Crippen molar-refractivity contribution in [1.29, 1.82) is 5.26 Å². The summed E-state index contributed by atoms with van der Waals surface area (Å²) >= 11 is 0. The summed E-state index contributed by atoms with van der Waals surface area (Å²) in [6.45, 7) is 4.99. The minimum atomic E-state index is -1.44. The van der Waals surface area contributed by atoms with E-state index in [-0.39, 0.29) is 6.42 Å². The van der Waals surface area contributed by atoms with Gasteiger partial charge in [0.25, 0.3) is 0 Å². The Morgan fingerprint density at radius 3 is 2.27 bits per heavy atom. The van der Waals surface area contributed by atoms with Gasteiger partial charge in [-0.25, -0.2) is 0 Å². The van der Waals surface area contributed by atoms with Gasteiger partial charge in [0.2, 0.25) is 0 Å². The van der Waals surface area contributed by atoms with Crippen molar-refractivity contribution in [2.45, 2.75) is 38.8 Å². The highest BCUT2D eigenvalue weighted by Gasteiger charge is 2.36. The number of nitriles is 1. The fourth-order valence-electron chi connectivity index (χ4n) is 1.93. The van der Waals surface area contributed by atoms with Gasteiger partial charge < -0.3 is 15.6 Å². The monoisotopic (exact) mass is 304 g/mol. The van der Waals surface area contributed by atoms with Crippen LogP contribution in [0.15, 0.2) is 24.3 Å². The molecule has 2 atom stereocenters. The van der Waals surface area contributed by atoms with Crippen molar-refractivity contribution in [1.82, 2.24) is 0 Å². The van der Waals surface area contributed by atoms with Crippen LogP contribution in [0, 0.1) is 17.2 Å². The summed E-state index contributed by atoms with van der Waals surface area (Å²) in [5.41, 5.74) is 6.37. The molecule has 1 rings (SSSR count). The molecule has 0 aliphatic carbocycles. The fraction of sp³-hybridized carbons (Fsp3) is 0.438. The lowest BCUT2D eigenvalue weighted by atomic mass is 9.93.